The Hall–Kier alpha value is -1.92. The minimum absolute atomic E-state index is 0.0612. The largest absolute Gasteiger partial charge is 0.335 e. The average Bonchev–Trinajstić information content (AvgIpc) is 2.99. The minimum Gasteiger partial charge on any atom is -0.335 e. The smallest absolute Gasteiger partial charge is 0.275 e. The highest BCUT2D eigenvalue weighted by Gasteiger charge is 2.41. The highest BCUT2D eigenvalue weighted by Crippen LogP contribution is 2.31. The van der Waals surface area contributed by atoms with Gasteiger partial charge in [0.15, 0.2) is 5.69 Å². The zero-order valence-corrected chi connectivity index (χ0v) is 15.2. The van der Waals surface area contributed by atoms with Gasteiger partial charge < -0.3 is 9.80 Å². The molecule has 1 aromatic carbocycles. The number of aromatic nitrogens is 2. The highest BCUT2D eigenvalue weighted by molar-refractivity contribution is 6.04. The fraction of sp³-hybridized carbons (Fsp3) is 0.579. The molecule has 0 atom stereocenters. The van der Waals surface area contributed by atoms with Gasteiger partial charge in [0.05, 0.1) is 5.52 Å². The lowest BCUT2D eigenvalue weighted by Crippen LogP contribution is -2.58. The number of nitrogens with one attached hydrogen (secondary N) is 1. The molecular formula is C19H27N5O. The van der Waals surface area contributed by atoms with Crippen LogP contribution in [0.15, 0.2) is 24.3 Å². The summed E-state index contributed by atoms with van der Waals surface area (Å²) < 4.78 is 0. The van der Waals surface area contributed by atoms with Crippen molar-refractivity contribution in [1.29, 1.82) is 0 Å². The Morgan fingerprint density at radius 2 is 1.88 bits per heavy atom. The van der Waals surface area contributed by atoms with Crippen molar-refractivity contribution in [3.8, 4) is 0 Å². The molecule has 0 saturated carbocycles. The second kappa shape index (κ2) is 6.42. The molecular weight excluding hydrogens is 314 g/mol. The number of fused-ring (bicyclic) bond motifs is 1. The molecule has 0 aliphatic carbocycles. The summed E-state index contributed by atoms with van der Waals surface area (Å²) in [6.45, 7) is 4.85. The van der Waals surface area contributed by atoms with Gasteiger partial charge in [0.1, 0.15) is 0 Å². The zero-order valence-electron chi connectivity index (χ0n) is 15.2. The van der Waals surface area contributed by atoms with Crippen LogP contribution in [-0.4, -0.2) is 83.2 Å². The lowest BCUT2D eigenvalue weighted by molar-refractivity contribution is 0.0315. The van der Waals surface area contributed by atoms with Crippen LogP contribution in [0, 0.1) is 0 Å². The lowest BCUT2D eigenvalue weighted by Gasteiger charge is -2.47. The molecule has 4 rings (SSSR count). The number of carbonyl (C=O) groups excluding carboxylic acids is 1. The first-order valence-corrected chi connectivity index (χ1v) is 9.21. The van der Waals surface area contributed by atoms with Gasteiger partial charge in [-0.05, 0) is 52.5 Å². The fourth-order valence-corrected chi connectivity index (χ4v) is 4.32. The molecule has 134 valence electrons. The molecule has 2 fully saturated rings. The molecule has 6 heteroatoms. The van der Waals surface area contributed by atoms with Gasteiger partial charge in [0.25, 0.3) is 5.91 Å². The molecule has 2 saturated heterocycles. The molecule has 1 aromatic heterocycles. The maximum atomic E-state index is 13.2. The second-order valence-corrected chi connectivity index (χ2v) is 7.65. The number of hydrogen-bond donors (Lipinski definition) is 1. The Balaban J connectivity index is 1.62. The van der Waals surface area contributed by atoms with Crippen molar-refractivity contribution in [2.75, 3.05) is 46.8 Å². The van der Waals surface area contributed by atoms with Gasteiger partial charge in [-0.1, -0.05) is 18.2 Å². The van der Waals surface area contributed by atoms with Crippen molar-refractivity contribution in [2.45, 2.75) is 24.8 Å². The van der Waals surface area contributed by atoms with E-state index in [1.165, 1.54) is 0 Å². The molecule has 2 aliphatic rings. The van der Waals surface area contributed by atoms with Crippen molar-refractivity contribution in [1.82, 2.24) is 24.9 Å². The molecule has 0 bridgehead atoms. The van der Waals surface area contributed by atoms with Crippen LogP contribution in [0.2, 0.25) is 0 Å². The van der Waals surface area contributed by atoms with Gasteiger partial charge in [-0.3, -0.25) is 14.8 Å². The summed E-state index contributed by atoms with van der Waals surface area (Å²) in [6, 6.07) is 7.86. The number of hydrogen-bond acceptors (Lipinski definition) is 4. The summed E-state index contributed by atoms with van der Waals surface area (Å²) >= 11 is 0. The molecule has 0 unspecified atom stereocenters. The minimum atomic E-state index is 0.0612. The van der Waals surface area contributed by atoms with Crippen molar-refractivity contribution >= 4 is 16.8 Å². The molecule has 3 heterocycles. The standard InChI is InChI=1S/C19H27N5O/c1-22-12-8-19(9-13-22)14-24(11-5-10-23(19)2)18(25)17-15-6-3-4-7-16(15)20-21-17/h3-4,6-7H,5,8-14H2,1-2H3,(H,20,21). The average molecular weight is 341 g/mol. The molecule has 1 N–H and O–H groups in total. The summed E-state index contributed by atoms with van der Waals surface area (Å²) in [4.78, 5) is 20.2. The van der Waals surface area contributed by atoms with E-state index in [0.29, 0.717) is 5.69 Å². The van der Waals surface area contributed by atoms with E-state index >= 15 is 0 Å². The van der Waals surface area contributed by atoms with E-state index in [-0.39, 0.29) is 11.4 Å². The summed E-state index contributed by atoms with van der Waals surface area (Å²) in [6.07, 6.45) is 3.25. The predicted octanol–water partition coefficient (Wildman–Crippen LogP) is 1.80. The summed E-state index contributed by atoms with van der Waals surface area (Å²) in [5.74, 6) is 0.0612. The predicted molar refractivity (Wildman–Crippen MR) is 98.7 cm³/mol. The molecule has 2 aliphatic heterocycles. The van der Waals surface area contributed by atoms with Gasteiger partial charge in [-0.15, -0.1) is 0 Å². The second-order valence-electron chi connectivity index (χ2n) is 7.65. The highest BCUT2D eigenvalue weighted by atomic mass is 16.2. The third-order valence-corrected chi connectivity index (χ3v) is 6.09. The number of aromatic amines is 1. The number of carbonyl (C=O) groups is 1. The van der Waals surface area contributed by atoms with Gasteiger partial charge in [-0.2, -0.15) is 5.10 Å². The Bertz CT molecular complexity index is 762. The fourth-order valence-electron chi connectivity index (χ4n) is 4.32. The van der Waals surface area contributed by atoms with E-state index in [0.717, 1.165) is 62.9 Å². The van der Waals surface area contributed by atoms with Gasteiger partial charge in [0, 0.05) is 30.6 Å². The normalized spacial score (nSPS) is 22.4. The van der Waals surface area contributed by atoms with Crippen molar-refractivity contribution in [3.63, 3.8) is 0 Å². The Morgan fingerprint density at radius 3 is 2.68 bits per heavy atom. The number of nitrogens with zero attached hydrogens (tertiary/aromatic N) is 4. The van der Waals surface area contributed by atoms with Crippen LogP contribution < -0.4 is 0 Å². The van der Waals surface area contributed by atoms with Crippen LogP contribution in [-0.2, 0) is 0 Å². The molecule has 1 amide bonds. The monoisotopic (exact) mass is 341 g/mol. The van der Waals surface area contributed by atoms with E-state index in [1.807, 2.05) is 29.2 Å². The van der Waals surface area contributed by atoms with E-state index in [4.69, 9.17) is 0 Å². The van der Waals surface area contributed by atoms with Gasteiger partial charge in [-0.25, -0.2) is 0 Å². The first-order valence-electron chi connectivity index (χ1n) is 9.21. The molecule has 6 nitrogen and oxygen atoms in total. The number of piperidine rings is 1. The number of amides is 1. The number of H-pyrrole nitrogens is 1. The topological polar surface area (TPSA) is 55.5 Å². The van der Waals surface area contributed by atoms with Crippen molar-refractivity contribution in [2.24, 2.45) is 0 Å². The molecule has 1 spiro atoms. The van der Waals surface area contributed by atoms with Gasteiger partial charge in [0.2, 0.25) is 0 Å². The van der Waals surface area contributed by atoms with Gasteiger partial charge >= 0.3 is 0 Å². The van der Waals surface area contributed by atoms with Crippen molar-refractivity contribution in [3.05, 3.63) is 30.0 Å². The maximum Gasteiger partial charge on any atom is 0.275 e. The Morgan fingerprint density at radius 1 is 1.12 bits per heavy atom. The van der Waals surface area contributed by atoms with Crippen LogP contribution in [0.3, 0.4) is 0 Å². The molecule has 0 radical (unpaired) electrons. The first-order chi connectivity index (χ1) is 12.1. The van der Waals surface area contributed by atoms with E-state index < -0.39 is 0 Å². The third-order valence-electron chi connectivity index (χ3n) is 6.09. The summed E-state index contributed by atoms with van der Waals surface area (Å²) in [5, 5.41) is 8.24. The van der Waals surface area contributed by atoms with Crippen LogP contribution >= 0.6 is 0 Å². The van der Waals surface area contributed by atoms with Crippen LogP contribution in [0.4, 0.5) is 0 Å². The molecule has 2 aromatic rings. The SMILES string of the molecule is CN1CCC2(CC1)CN(C(=O)c1n[nH]c3ccccc13)CCCN2C. The summed E-state index contributed by atoms with van der Waals surface area (Å²) in [5.41, 5.74) is 1.58. The quantitative estimate of drug-likeness (QED) is 0.859. The Labute approximate surface area is 148 Å². The van der Waals surface area contributed by atoms with E-state index in [9.17, 15) is 4.79 Å². The Kier molecular flexibility index (Phi) is 4.25. The number of rotatable bonds is 1. The van der Waals surface area contributed by atoms with E-state index in [2.05, 4.69) is 34.1 Å². The number of likely N-dealkylation sites (tertiary alicyclic amines) is 1. The maximum absolute atomic E-state index is 13.2. The van der Waals surface area contributed by atoms with Crippen molar-refractivity contribution < 1.29 is 4.79 Å². The third kappa shape index (κ3) is 2.93. The van der Waals surface area contributed by atoms with Crippen LogP contribution in [0.25, 0.3) is 10.9 Å². The number of likely N-dealkylation sites (N-methyl/N-ethyl adjacent to an activating group) is 1. The number of para-hydroxylation sites is 1. The van der Waals surface area contributed by atoms with Crippen LogP contribution in [0.1, 0.15) is 29.8 Å². The summed E-state index contributed by atoms with van der Waals surface area (Å²) in [7, 11) is 4.41. The first kappa shape index (κ1) is 16.5. The number of benzene rings is 1. The lowest BCUT2D eigenvalue weighted by atomic mass is 9.85. The molecule has 25 heavy (non-hydrogen) atoms. The van der Waals surface area contributed by atoms with Crippen LogP contribution in [0.5, 0.6) is 0 Å². The zero-order chi connectivity index (χ0) is 17.4. The van der Waals surface area contributed by atoms with E-state index in [1.54, 1.807) is 0 Å².